The molecule has 29 heavy (non-hydrogen) atoms. The number of para-hydroxylation sites is 1. The van der Waals surface area contributed by atoms with Crippen LogP contribution < -0.4 is 4.80 Å². The first-order chi connectivity index (χ1) is 13.8. The van der Waals surface area contributed by atoms with Gasteiger partial charge in [-0.3, -0.25) is 4.79 Å². The number of methoxy groups -OCH3 is 1. The van der Waals surface area contributed by atoms with Crippen molar-refractivity contribution in [1.82, 2.24) is 4.57 Å². The lowest BCUT2D eigenvalue weighted by Crippen LogP contribution is -2.28. The number of amides is 1. The molecule has 0 radical (unpaired) electrons. The number of ether oxygens (including phenoxy) is 1. The number of thiazole rings is 1. The van der Waals surface area contributed by atoms with E-state index < -0.39 is 29.7 Å². The second-order valence-corrected chi connectivity index (χ2v) is 7.17. The van der Waals surface area contributed by atoms with Crippen molar-refractivity contribution in [2.24, 2.45) is 4.99 Å². The largest absolute Gasteiger partial charge is 0.467 e. The summed E-state index contributed by atoms with van der Waals surface area (Å²) >= 11 is 1.17. The summed E-state index contributed by atoms with van der Waals surface area (Å²) in [7, 11) is 1.27. The van der Waals surface area contributed by atoms with Crippen LogP contribution in [0.4, 0.5) is 13.2 Å². The van der Waals surface area contributed by atoms with E-state index >= 15 is 0 Å². The Morgan fingerprint density at radius 1 is 1.17 bits per heavy atom. The topological polar surface area (TPSA) is 60.7 Å². The Morgan fingerprint density at radius 3 is 2.55 bits per heavy atom. The van der Waals surface area contributed by atoms with Gasteiger partial charge in [0.1, 0.15) is 6.04 Å². The molecular formula is C20H17F3N2O3S. The Morgan fingerprint density at radius 2 is 1.90 bits per heavy atom. The maximum absolute atomic E-state index is 12.9. The number of benzene rings is 2. The van der Waals surface area contributed by atoms with Crippen molar-refractivity contribution in [3.63, 3.8) is 0 Å². The molecule has 1 heterocycles. The standard InChI is InChI=1S/C20H17F3N2O3S/c1-3-14(18(27)28-2)25-15-9-4-5-10-16(15)29-19(25)24-17(26)12-7-6-8-13(11-12)20(21,22)23/h4-11,14H,3H2,1-2H3. The Hall–Kier alpha value is -2.94. The highest BCUT2D eigenvalue weighted by Crippen LogP contribution is 2.29. The van der Waals surface area contributed by atoms with Crippen LogP contribution in [0.3, 0.4) is 0 Å². The minimum absolute atomic E-state index is 0.185. The third kappa shape index (κ3) is 4.24. The maximum atomic E-state index is 12.9. The quantitative estimate of drug-likeness (QED) is 0.578. The summed E-state index contributed by atoms with van der Waals surface area (Å²) in [5.74, 6) is -1.32. The monoisotopic (exact) mass is 422 g/mol. The molecule has 0 bridgehead atoms. The lowest BCUT2D eigenvalue weighted by Gasteiger charge is -2.15. The second-order valence-electron chi connectivity index (χ2n) is 6.17. The zero-order chi connectivity index (χ0) is 21.2. The molecule has 5 nitrogen and oxygen atoms in total. The molecule has 3 rings (SSSR count). The van der Waals surface area contributed by atoms with E-state index in [1.165, 1.54) is 24.5 Å². The fourth-order valence-corrected chi connectivity index (χ4v) is 4.01. The Kier molecular flexibility index (Phi) is 5.88. The van der Waals surface area contributed by atoms with Crippen LogP contribution in [0.5, 0.6) is 0 Å². The lowest BCUT2D eigenvalue weighted by atomic mass is 10.1. The van der Waals surface area contributed by atoms with Crippen molar-refractivity contribution in [2.45, 2.75) is 25.6 Å². The van der Waals surface area contributed by atoms with E-state index in [1.807, 2.05) is 6.07 Å². The van der Waals surface area contributed by atoms with Crippen LogP contribution in [0.15, 0.2) is 53.5 Å². The van der Waals surface area contributed by atoms with Gasteiger partial charge < -0.3 is 9.30 Å². The highest BCUT2D eigenvalue weighted by atomic mass is 32.1. The van der Waals surface area contributed by atoms with Gasteiger partial charge in [0, 0.05) is 5.56 Å². The van der Waals surface area contributed by atoms with Gasteiger partial charge in [0.05, 0.1) is 22.9 Å². The van der Waals surface area contributed by atoms with Crippen LogP contribution in [0.25, 0.3) is 10.2 Å². The molecule has 0 saturated carbocycles. The molecule has 0 N–H and O–H groups in total. The first kappa shape index (κ1) is 20.8. The van der Waals surface area contributed by atoms with Crippen molar-refractivity contribution in [3.8, 4) is 0 Å². The summed E-state index contributed by atoms with van der Waals surface area (Å²) < 4.78 is 46.1. The molecule has 0 saturated heterocycles. The number of esters is 1. The van der Waals surface area contributed by atoms with E-state index in [1.54, 1.807) is 29.7 Å². The first-order valence-electron chi connectivity index (χ1n) is 8.70. The molecule has 0 aliphatic rings. The molecule has 1 atom stereocenters. The molecule has 0 spiro atoms. The smallest absolute Gasteiger partial charge is 0.416 e. The SMILES string of the molecule is CCC(C(=O)OC)n1c(=NC(=O)c2cccc(C(F)(F)F)c2)sc2ccccc21. The van der Waals surface area contributed by atoms with Crippen molar-refractivity contribution >= 4 is 33.4 Å². The summed E-state index contributed by atoms with van der Waals surface area (Å²) in [5.41, 5.74) is -0.427. The zero-order valence-electron chi connectivity index (χ0n) is 15.6. The molecule has 0 aliphatic carbocycles. The lowest BCUT2D eigenvalue weighted by molar-refractivity contribution is -0.144. The average Bonchev–Trinajstić information content (AvgIpc) is 3.05. The van der Waals surface area contributed by atoms with Gasteiger partial charge in [-0.2, -0.15) is 18.2 Å². The maximum Gasteiger partial charge on any atom is 0.416 e. The summed E-state index contributed by atoms with van der Waals surface area (Å²) in [4.78, 5) is 29.1. The van der Waals surface area contributed by atoms with Gasteiger partial charge in [0.25, 0.3) is 5.91 Å². The molecule has 1 unspecified atom stereocenters. The van der Waals surface area contributed by atoms with E-state index in [-0.39, 0.29) is 10.4 Å². The predicted octanol–water partition coefficient (Wildman–Crippen LogP) is 4.59. The normalized spacial score (nSPS) is 13.5. The van der Waals surface area contributed by atoms with E-state index in [4.69, 9.17) is 4.74 Å². The molecule has 3 aromatic rings. The number of rotatable bonds is 4. The minimum Gasteiger partial charge on any atom is -0.467 e. The molecule has 0 aliphatic heterocycles. The fourth-order valence-electron chi connectivity index (χ4n) is 2.94. The van der Waals surface area contributed by atoms with E-state index in [0.717, 1.165) is 22.9 Å². The van der Waals surface area contributed by atoms with E-state index in [9.17, 15) is 22.8 Å². The molecule has 1 aromatic heterocycles. The number of fused-ring (bicyclic) bond motifs is 1. The predicted molar refractivity (Wildman–Crippen MR) is 102 cm³/mol. The van der Waals surface area contributed by atoms with Gasteiger partial charge in [0.2, 0.25) is 0 Å². The highest BCUT2D eigenvalue weighted by Gasteiger charge is 2.31. The number of hydrogen-bond acceptors (Lipinski definition) is 4. The fraction of sp³-hybridized carbons (Fsp3) is 0.250. The minimum atomic E-state index is -4.56. The number of aromatic nitrogens is 1. The van der Waals surface area contributed by atoms with Gasteiger partial charge >= 0.3 is 12.1 Å². The van der Waals surface area contributed by atoms with Crippen LogP contribution in [-0.4, -0.2) is 23.6 Å². The van der Waals surface area contributed by atoms with Crippen LogP contribution in [-0.2, 0) is 15.7 Å². The van der Waals surface area contributed by atoms with Crippen molar-refractivity contribution < 1.29 is 27.5 Å². The summed E-state index contributed by atoms with van der Waals surface area (Å²) in [5, 5.41) is 0. The average molecular weight is 422 g/mol. The molecular weight excluding hydrogens is 405 g/mol. The van der Waals surface area contributed by atoms with Crippen LogP contribution in [0.1, 0.15) is 35.3 Å². The van der Waals surface area contributed by atoms with Crippen molar-refractivity contribution in [3.05, 3.63) is 64.5 Å². The Bertz CT molecular complexity index is 1130. The molecule has 1 amide bonds. The number of alkyl halides is 3. The number of carbonyl (C=O) groups excluding carboxylic acids is 2. The number of nitrogens with zero attached hydrogens (tertiary/aromatic N) is 2. The van der Waals surface area contributed by atoms with Gasteiger partial charge in [-0.05, 0) is 36.8 Å². The Labute approximate surface area is 168 Å². The first-order valence-corrected chi connectivity index (χ1v) is 9.52. The Balaban J connectivity index is 2.17. The van der Waals surface area contributed by atoms with Gasteiger partial charge in [-0.15, -0.1) is 0 Å². The second kappa shape index (κ2) is 8.20. The molecule has 2 aromatic carbocycles. The highest BCUT2D eigenvalue weighted by molar-refractivity contribution is 7.16. The van der Waals surface area contributed by atoms with Crippen LogP contribution >= 0.6 is 11.3 Å². The molecule has 0 fully saturated rings. The number of halogens is 3. The summed E-state index contributed by atoms with van der Waals surface area (Å²) in [6.45, 7) is 1.79. The number of carbonyl (C=O) groups is 2. The van der Waals surface area contributed by atoms with Crippen molar-refractivity contribution in [2.75, 3.05) is 7.11 Å². The molecule has 152 valence electrons. The summed E-state index contributed by atoms with van der Waals surface area (Å²) in [6, 6.07) is 10.6. The van der Waals surface area contributed by atoms with Crippen LogP contribution in [0, 0.1) is 0 Å². The van der Waals surface area contributed by atoms with E-state index in [2.05, 4.69) is 4.99 Å². The van der Waals surface area contributed by atoms with Gasteiger partial charge in [0.15, 0.2) is 4.80 Å². The van der Waals surface area contributed by atoms with Crippen LogP contribution in [0.2, 0.25) is 0 Å². The summed E-state index contributed by atoms with van der Waals surface area (Å²) in [6.07, 6.45) is -4.18. The third-order valence-corrected chi connectivity index (χ3v) is 5.37. The zero-order valence-corrected chi connectivity index (χ0v) is 16.4. The van der Waals surface area contributed by atoms with E-state index in [0.29, 0.717) is 11.9 Å². The van der Waals surface area contributed by atoms with Crippen molar-refractivity contribution in [1.29, 1.82) is 0 Å². The third-order valence-electron chi connectivity index (χ3n) is 4.34. The molecule has 9 heteroatoms. The van der Waals surface area contributed by atoms with Gasteiger partial charge in [-0.1, -0.05) is 36.5 Å². The number of hydrogen-bond donors (Lipinski definition) is 0. The van der Waals surface area contributed by atoms with Gasteiger partial charge in [-0.25, -0.2) is 4.79 Å².